The Morgan fingerprint density at radius 1 is 1.32 bits per heavy atom. The quantitative estimate of drug-likeness (QED) is 0.809. The summed E-state index contributed by atoms with van der Waals surface area (Å²) < 4.78 is 38.3. The molecule has 0 aromatic heterocycles. The van der Waals surface area contributed by atoms with Crippen molar-refractivity contribution in [1.82, 2.24) is 0 Å². The van der Waals surface area contributed by atoms with Gasteiger partial charge in [-0.2, -0.15) is 13.2 Å². The number of rotatable bonds is 1. The predicted octanol–water partition coefficient (Wildman–Crippen LogP) is 3.78. The molecular formula is C15H11ClF3NO2. The minimum atomic E-state index is -4.97. The number of halogens is 4. The molecule has 0 radical (unpaired) electrons. The fourth-order valence-electron chi connectivity index (χ4n) is 2.90. The van der Waals surface area contributed by atoms with Crippen LogP contribution < -0.4 is 4.90 Å². The lowest BCUT2D eigenvalue weighted by atomic mass is 9.95. The van der Waals surface area contributed by atoms with Gasteiger partial charge in [0.15, 0.2) is 0 Å². The van der Waals surface area contributed by atoms with Crippen molar-refractivity contribution in [2.24, 2.45) is 0 Å². The Bertz CT molecular complexity index is 760. The molecule has 22 heavy (non-hydrogen) atoms. The van der Waals surface area contributed by atoms with E-state index in [-0.39, 0.29) is 23.9 Å². The van der Waals surface area contributed by atoms with Crippen molar-refractivity contribution in [1.29, 1.82) is 0 Å². The molecule has 0 unspecified atom stereocenters. The number of carbonyl (C=O) groups is 1. The highest BCUT2D eigenvalue weighted by atomic mass is 35.5. The van der Waals surface area contributed by atoms with Crippen molar-refractivity contribution >= 4 is 34.0 Å². The second kappa shape index (κ2) is 5.05. The van der Waals surface area contributed by atoms with E-state index in [1.807, 2.05) is 0 Å². The van der Waals surface area contributed by atoms with Gasteiger partial charge >= 0.3 is 12.1 Å². The van der Waals surface area contributed by atoms with E-state index in [1.165, 1.54) is 6.07 Å². The molecule has 1 amide bonds. The lowest BCUT2D eigenvalue weighted by molar-refractivity contribution is -0.170. The molecule has 0 fully saturated rings. The van der Waals surface area contributed by atoms with Gasteiger partial charge in [0.25, 0.3) is 0 Å². The number of benzene rings is 2. The fraction of sp³-hybridized carbons (Fsp3) is 0.267. The van der Waals surface area contributed by atoms with Crippen LogP contribution in [0.25, 0.3) is 10.8 Å². The lowest BCUT2D eigenvalue weighted by Crippen LogP contribution is -2.40. The highest BCUT2D eigenvalue weighted by Crippen LogP contribution is 2.46. The van der Waals surface area contributed by atoms with Gasteiger partial charge in [-0.05, 0) is 10.9 Å². The number of fused-ring (bicyclic) bond motifs is 3. The number of hydrogen-bond donors (Lipinski definition) is 1. The maximum Gasteiger partial charge on any atom is 0.471 e. The standard InChI is InChI=1S/C15H11ClF3NO2/c16-6-8-7-20(14(22)15(17,18)19)11-5-12(21)9-3-1-2-4-10(9)13(8)11/h1-5,8,21H,6-7H2/t8-/m1/s1. The van der Waals surface area contributed by atoms with Crippen LogP contribution in [-0.4, -0.2) is 29.6 Å². The van der Waals surface area contributed by atoms with Gasteiger partial charge < -0.3 is 10.0 Å². The zero-order valence-corrected chi connectivity index (χ0v) is 11.9. The van der Waals surface area contributed by atoms with Crippen LogP contribution in [0.1, 0.15) is 11.5 Å². The van der Waals surface area contributed by atoms with Crippen LogP contribution in [-0.2, 0) is 4.79 Å². The minimum absolute atomic E-state index is 0.0733. The number of phenols is 1. The van der Waals surface area contributed by atoms with Crippen LogP contribution in [0.5, 0.6) is 5.75 Å². The van der Waals surface area contributed by atoms with Crippen molar-refractivity contribution in [2.45, 2.75) is 12.1 Å². The summed E-state index contributed by atoms with van der Waals surface area (Å²) in [5.41, 5.74) is 0.644. The number of anilines is 1. The van der Waals surface area contributed by atoms with Crippen molar-refractivity contribution in [3.8, 4) is 5.75 Å². The van der Waals surface area contributed by atoms with E-state index in [0.717, 1.165) is 0 Å². The summed E-state index contributed by atoms with van der Waals surface area (Å²) in [6, 6.07) is 8.02. The molecule has 0 saturated carbocycles. The van der Waals surface area contributed by atoms with Gasteiger partial charge in [-0.25, -0.2) is 0 Å². The van der Waals surface area contributed by atoms with E-state index in [0.29, 0.717) is 21.2 Å². The molecule has 3 nitrogen and oxygen atoms in total. The number of phenolic OH excluding ortho intramolecular Hbond substituents is 1. The van der Waals surface area contributed by atoms with Gasteiger partial charge in [0.2, 0.25) is 0 Å². The first kappa shape index (κ1) is 15.0. The molecule has 2 aromatic rings. The smallest absolute Gasteiger partial charge is 0.471 e. The summed E-state index contributed by atoms with van der Waals surface area (Å²) in [6.45, 7) is -0.148. The van der Waals surface area contributed by atoms with Gasteiger partial charge in [0, 0.05) is 29.8 Å². The van der Waals surface area contributed by atoms with Crippen LogP contribution in [0.2, 0.25) is 0 Å². The van der Waals surface area contributed by atoms with E-state index in [9.17, 15) is 23.1 Å². The summed E-state index contributed by atoms with van der Waals surface area (Å²) in [5.74, 6) is -2.43. The highest BCUT2D eigenvalue weighted by molar-refractivity contribution is 6.19. The first-order valence-electron chi connectivity index (χ1n) is 6.54. The Kier molecular flexibility index (Phi) is 3.44. The molecule has 1 atom stereocenters. The lowest BCUT2D eigenvalue weighted by Gasteiger charge is -2.19. The van der Waals surface area contributed by atoms with Crippen LogP contribution in [0, 0.1) is 0 Å². The average Bonchev–Trinajstić information content (AvgIpc) is 2.84. The van der Waals surface area contributed by atoms with Gasteiger partial charge in [0.05, 0.1) is 5.69 Å². The number of nitrogens with zero attached hydrogens (tertiary/aromatic N) is 1. The predicted molar refractivity (Wildman–Crippen MR) is 77.5 cm³/mol. The average molecular weight is 330 g/mol. The summed E-state index contributed by atoms with van der Waals surface area (Å²) in [4.78, 5) is 12.3. The van der Waals surface area contributed by atoms with Crippen molar-refractivity contribution < 1.29 is 23.1 Å². The zero-order chi connectivity index (χ0) is 16.1. The molecule has 1 aliphatic heterocycles. The summed E-state index contributed by atoms with van der Waals surface area (Å²) >= 11 is 5.88. The molecule has 1 N–H and O–H groups in total. The summed E-state index contributed by atoms with van der Waals surface area (Å²) in [5, 5.41) is 11.2. The monoisotopic (exact) mass is 329 g/mol. The number of amides is 1. The molecule has 0 spiro atoms. The first-order chi connectivity index (χ1) is 10.3. The van der Waals surface area contributed by atoms with Crippen molar-refractivity contribution in [3.63, 3.8) is 0 Å². The molecule has 0 bridgehead atoms. The number of carbonyl (C=O) groups excluding carboxylic acids is 1. The van der Waals surface area contributed by atoms with Crippen molar-refractivity contribution in [3.05, 3.63) is 35.9 Å². The summed E-state index contributed by atoms with van der Waals surface area (Å²) in [7, 11) is 0. The molecule has 0 saturated heterocycles. The third-order valence-corrected chi connectivity index (χ3v) is 4.19. The third kappa shape index (κ3) is 2.18. The van der Waals surface area contributed by atoms with Gasteiger partial charge in [-0.15, -0.1) is 11.6 Å². The SMILES string of the molecule is O=C(N1C[C@@H](CCl)c2c1cc(O)c1ccccc21)C(F)(F)F. The maximum absolute atomic E-state index is 12.8. The Labute approximate surface area is 128 Å². The largest absolute Gasteiger partial charge is 0.507 e. The van der Waals surface area contributed by atoms with Gasteiger partial charge in [0.1, 0.15) is 5.75 Å². The van der Waals surface area contributed by atoms with E-state index in [1.54, 1.807) is 24.3 Å². The molecule has 0 aliphatic carbocycles. The van der Waals surface area contributed by atoms with Crippen LogP contribution in [0.15, 0.2) is 30.3 Å². The number of alkyl halides is 4. The summed E-state index contributed by atoms with van der Waals surface area (Å²) in [6.07, 6.45) is -4.97. The van der Waals surface area contributed by atoms with Crippen LogP contribution >= 0.6 is 11.6 Å². The molecule has 116 valence electrons. The molecule has 3 rings (SSSR count). The number of hydrogen-bond acceptors (Lipinski definition) is 2. The molecular weight excluding hydrogens is 319 g/mol. The van der Waals surface area contributed by atoms with Gasteiger partial charge in [-0.3, -0.25) is 4.79 Å². The number of aromatic hydroxyl groups is 1. The fourth-order valence-corrected chi connectivity index (χ4v) is 3.15. The second-order valence-electron chi connectivity index (χ2n) is 5.14. The van der Waals surface area contributed by atoms with Gasteiger partial charge in [-0.1, -0.05) is 24.3 Å². The second-order valence-corrected chi connectivity index (χ2v) is 5.45. The Hall–Kier alpha value is -1.95. The Morgan fingerprint density at radius 2 is 1.95 bits per heavy atom. The third-order valence-electron chi connectivity index (χ3n) is 3.82. The van der Waals surface area contributed by atoms with E-state index in [4.69, 9.17) is 11.6 Å². The van der Waals surface area contributed by atoms with E-state index in [2.05, 4.69) is 0 Å². The van der Waals surface area contributed by atoms with E-state index >= 15 is 0 Å². The van der Waals surface area contributed by atoms with Crippen LogP contribution in [0.3, 0.4) is 0 Å². The normalized spacial score (nSPS) is 17.8. The zero-order valence-electron chi connectivity index (χ0n) is 11.2. The highest BCUT2D eigenvalue weighted by Gasteiger charge is 2.47. The van der Waals surface area contributed by atoms with Crippen molar-refractivity contribution in [2.75, 3.05) is 17.3 Å². The maximum atomic E-state index is 12.8. The first-order valence-corrected chi connectivity index (χ1v) is 7.07. The van der Waals surface area contributed by atoms with E-state index < -0.39 is 18.0 Å². The minimum Gasteiger partial charge on any atom is -0.507 e. The molecule has 2 aromatic carbocycles. The molecule has 1 aliphatic rings. The Morgan fingerprint density at radius 3 is 2.55 bits per heavy atom. The topological polar surface area (TPSA) is 40.5 Å². The Balaban J connectivity index is 2.24. The molecule has 7 heteroatoms. The molecule has 1 heterocycles. The van der Waals surface area contributed by atoms with Crippen LogP contribution in [0.4, 0.5) is 18.9 Å².